The van der Waals surface area contributed by atoms with Gasteiger partial charge in [-0.2, -0.15) is 11.8 Å². The quantitative estimate of drug-likeness (QED) is 0.829. The predicted octanol–water partition coefficient (Wildman–Crippen LogP) is 1.74. The number of nitrogens with zero attached hydrogens (tertiary/aromatic N) is 2. The van der Waals surface area contributed by atoms with Crippen LogP contribution in [-0.4, -0.2) is 73.2 Å². The van der Waals surface area contributed by atoms with Gasteiger partial charge in [0.2, 0.25) is 0 Å². The van der Waals surface area contributed by atoms with Gasteiger partial charge in [-0.05, 0) is 37.3 Å². The molecule has 1 atom stereocenters. The van der Waals surface area contributed by atoms with Crippen LogP contribution in [-0.2, 0) is 0 Å². The van der Waals surface area contributed by atoms with Crippen molar-refractivity contribution in [1.82, 2.24) is 15.1 Å². The number of nitrogens with one attached hydrogen (secondary N) is 1. The van der Waals surface area contributed by atoms with Gasteiger partial charge < -0.3 is 10.2 Å². The second-order valence-electron chi connectivity index (χ2n) is 6.45. The largest absolute Gasteiger partial charge is 0.312 e. The molecule has 2 rings (SSSR count). The molecule has 19 heavy (non-hydrogen) atoms. The first kappa shape index (κ1) is 15.6. The van der Waals surface area contributed by atoms with Crippen molar-refractivity contribution in [3.8, 4) is 0 Å². The lowest BCUT2D eigenvalue weighted by atomic mass is 10.0. The zero-order chi connectivity index (χ0) is 13.7. The van der Waals surface area contributed by atoms with Crippen LogP contribution in [0.5, 0.6) is 0 Å². The first-order valence-corrected chi connectivity index (χ1v) is 9.06. The summed E-state index contributed by atoms with van der Waals surface area (Å²) in [6.07, 6.45) is 2.72. The number of hydrogen-bond donors (Lipinski definition) is 1. The normalized spacial score (nSPS) is 25.9. The summed E-state index contributed by atoms with van der Waals surface area (Å²) in [6, 6.07) is 1.48. The fourth-order valence-electron chi connectivity index (χ4n) is 3.13. The lowest BCUT2D eigenvalue weighted by Gasteiger charge is -2.40. The van der Waals surface area contributed by atoms with E-state index in [0.717, 1.165) is 12.0 Å². The number of piperazine rings is 1. The molecule has 4 heteroatoms. The van der Waals surface area contributed by atoms with Crippen LogP contribution in [0.25, 0.3) is 0 Å². The summed E-state index contributed by atoms with van der Waals surface area (Å²) in [7, 11) is 2.24. The maximum absolute atomic E-state index is 3.84. The van der Waals surface area contributed by atoms with Crippen molar-refractivity contribution in [2.45, 2.75) is 38.8 Å². The minimum absolute atomic E-state index is 0.711. The third kappa shape index (κ3) is 4.92. The average Bonchev–Trinajstić information content (AvgIpc) is 2.42. The van der Waals surface area contributed by atoms with E-state index in [-0.39, 0.29) is 0 Å². The van der Waals surface area contributed by atoms with E-state index in [0.29, 0.717) is 6.04 Å². The van der Waals surface area contributed by atoms with Crippen molar-refractivity contribution in [3.05, 3.63) is 0 Å². The fraction of sp³-hybridized carbons (Fsp3) is 1.00. The average molecular weight is 286 g/mol. The number of hydrogen-bond acceptors (Lipinski definition) is 4. The maximum Gasteiger partial charge on any atom is 0.0244 e. The van der Waals surface area contributed by atoms with E-state index in [1.54, 1.807) is 0 Å². The van der Waals surface area contributed by atoms with Crippen LogP contribution in [0.2, 0.25) is 0 Å². The number of likely N-dealkylation sites (N-methyl/N-ethyl adjacent to an activating group) is 1. The second kappa shape index (κ2) is 7.87. The van der Waals surface area contributed by atoms with Gasteiger partial charge in [0.15, 0.2) is 0 Å². The lowest BCUT2D eigenvalue weighted by molar-refractivity contribution is 0.0858. The molecule has 2 heterocycles. The molecule has 0 radical (unpaired) electrons. The monoisotopic (exact) mass is 285 g/mol. The predicted molar refractivity (Wildman–Crippen MR) is 86.0 cm³/mol. The van der Waals surface area contributed by atoms with E-state index in [9.17, 15) is 0 Å². The van der Waals surface area contributed by atoms with Crippen LogP contribution < -0.4 is 5.32 Å². The first-order chi connectivity index (χ1) is 9.16. The van der Waals surface area contributed by atoms with Crippen molar-refractivity contribution in [2.75, 3.05) is 51.3 Å². The molecule has 1 unspecified atom stereocenters. The van der Waals surface area contributed by atoms with E-state index >= 15 is 0 Å². The summed E-state index contributed by atoms with van der Waals surface area (Å²) >= 11 is 2.11. The lowest BCUT2D eigenvalue weighted by Crippen LogP contribution is -2.54. The van der Waals surface area contributed by atoms with Crippen molar-refractivity contribution >= 4 is 11.8 Å². The van der Waals surface area contributed by atoms with Gasteiger partial charge in [0.25, 0.3) is 0 Å². The summed E-state index contributed by atoms with van der Waals surface area (Å²) in [4.78, 5) is 5.15. The van der Waals surface area contributed by atoms with Gasteiger partial charge in [0.1, 0.15) is 0 Å². The Hall–Kier alpha value is 0.230. The molecule has 0 saturated carbocycles. The molecule has 0 aliphatic carbocycles. The molecule has 2 fully saturated rings. The molecule has 2 aliphatic heterocycles. The van der Waals surface area contributed by atoms with Gasteiger partial charge in [0, 0.05) is 44.8 Å². The van der Waals surface area contributed by atoms with Gasteiger partial charge in [-0.1, -0.05) is 13.8 Å². The molecule has 112 valence electrons. The molecule has 1 N–H and O–H groups in total. The molecule has 2 saturated heterocycles. The third-order valence-electron chi connectivity index (χ3n) is 4.61. The van der Waals surface area contributed by atoms with E-state index in [2.05, 4.69) is 47.8 Å². The Morgan fingerprint density at radius 1 is 1.11 bits per heavy atom. The van der Waals surface area contributed by atoms with Gasteiger partial charge in [0.05, 0.1) is 0 Å². The molecule has 0 aromatic rings. The zero-order valence-corrected chi connectivity index (χ0v) is 13.7. The number of thioether (sulfide) groups is 1. The fourth-order valence-corrected chi connectivity index (χ4v) is 4.24. The summed E-state index contributed by atoms with van der Waals surface area (Å²) in [5.41, 5.74) is 0. The van der Waals surface area contributed by atoms with Crippen molar-refractivity contribution in [1.29, 1.82) is 0 Å². The van der Waals surface area contributed by atoms with Gasteiger partial charge in [-0.25, -0.2) is 0 Å². The standard InChI is InChI=1S/C15H31N3S/c1-13(2)15(18-8-6-17(3)7-9-18)12-16-14-4-10-19-11-5-14/h13-16H,4-12H2,1-3H3. The van der Waals surface area contributed by atoms with E-state index in [1.807, 2.05) is 0 Å². The third-order valence-corrected chi connectivity index (χ3v) is 5.66. The Labute approximate surface area is 123 Å². The molecular formula is C15H31N3S. The van der Waals surface area contributed by atoms with Crippen LogP contribution >= 0.6 is 11.8 Å². The van der Waals surface area contributed by atoms with E-state index < -0.39 is 0 Å². The highest BCUT2D eigenvalue weighted by atomic mass is 32.2. The highest BCUT2D eigenvalue weighted by molar-refractivity contribution is 7.99. The van der Waals surface area contributed by atoms with Crippen molar-refractivity contribution < 1.29 is 0 Å². The Bertz CT molecular complexity index is 246. The van der Waals surface area contributed by atoms with Gasteiger partial charge in [-0.15, -0.1) is 0 Å². The van der Waals surface area contributed by atoms with Crippen LogP contribution in [0, 0.1) is 5.92 Å². The van der Waals surface area contributed by atoms with Crippen LogP contribution in [0.3, 0.4) is 0 Å². The van der Waals surface area contributed by atoms with Crippen molar-refractivity contribution in [3.63, 3.8) is 0 Å². The highest BCUT2D eigenvalue weighted by Crippen LogP contribution is 2.18. The molecule has 0 amide bonds. The van der Waals surface area contributed by atoms with Crippen LogP contribution in [0.4, 0.5) is 0 Å². The summed E-state index contributed by atoms with van der Waals surface area (Å²) in [6.45, 7) is 10.9. The SMILES string of the molecule is CC(C)C(CNC1CCSCC1)N1CCN(C)CC1. The Morgan fingerprint density at radius 3 is 2.32 bits per heavy atom. The van der Waals surface area contributed by atoms with Crippen LogP contribution in [0.15, 0.2) is 0 Å². The minimum atomic E-state index is 0.711. The minimum Gasteiger partial charge on any atom is -0.312 e. The summed E-state index contributed by atoms with van der Waals surface area (Å²) in [5.74, 6) is 3.44. The highest BCUT2D eigenvalue weighted by Gasteiger charge is 2.25. The second-order valence-corrected chi connectivity index (χ2v) is 7.67. The zero-order valence-electron chi connectivity index (χ0n) is 12.9. The topological polar surface area (TPSA) is 18.5 Å². The molecule has 0 aromatic heterocycles. The molecular weight excluding hydrogens is 254 g/mol. The molecule has 0 spiro atoms. The Morgan fingerprint density at radius 2 is 1.74 bits per heavy atom. The smallest absolute Gasteiger partial charge is 0.0244 e. The van der Waals surface area contributed by atoms with Gasteiger partial charge in [-0.3, -0.25) is 4.90 Å². The number of rotatable bonds is 5. The van der Waals surface area contributed by atoms with Gasteiger partial charge >= 0.3 is 0 Å². The van der Waals surface area contributed by atoms with Crippen molar-refractivity contribution in [2.24, 2.45) is 5.92 Å². The molecule has 2 aliphatic rings. The maximum atomic E-state index is 3.84. The van der Waals surface area contributed by atoms with Crippen LogP contribution in [0.1, 0.15) is 26.7 Å². The molecule has 3 nitrogen and oxygen atoms in total. The summed E-state index contributed by atoms with van der Waals surface area (Å²) in [5, 5.41) is 3.84. The molecule has 0 aromatic carbocycles. The molecule has 0 bridgehead atoms. The van der Waals surface area contributed by atoms with E-state index in [1.165, 1.54) is 57.1 Å². The summed E-state index contributed by atoms with van der Waals surface area (Å²) < 4.78 is 0. The van der Waals surface area contributed by atoms with E-state index in [4.69, 9.17) is 0 Å². The Kier molecular flexibility index (Phi) is 6.46. The Balaban J connectivity index is 1.78. The first-order valence-electron chi connectivity index (χ1n) is 7.90.